The van der Waals surface area contributed by atoms with Crippen LogP contribution in [-0.4, -0.2) is 5.91 Å². The molecule has 0 aliphatic carbocycles. The van der Waals surface area contributed by atoms with Gasteiger partial charge < -0.3 is 5.32 Å². The first-order valence-corrected chi connectivity index (χ1v) is 5.88. The van der Waals surface area contributed by atoms with E-state index in [4.69, 9.17) is 5.26 Å². The highest BCUT2D eigenvalue weighted by molar-refractivity contribution is 7.10. The van der Waals surface area contributed by atoms with Gasteiger partial charge >= 0.3 is 0 Å². The Hall–Kier alpha value is -1.34. The molecule has 0 spiro atoms. The summed E-state index contributed by atoms with van der Waals surface area (Å²) in [4.78, 5) is 12.3. The van der Waals surface area contributed by atoms with Gasteiger partial charge in [0.2, 0.25) is 5.91 Å². The standard InChI is InChI=1S/C11H14N2OS/c1-2-3-6-11(14)13-9(8-12)10-5-4-7-15-10/h4-5,7,9H,2-3,6H2,1H3,(H,13,14). The number of amides is 1. The molecule has 0 saturated carbocycles. The molecule has 0 radical (unpaired) electrons. The van der Waals surface area contributed by atoms with Crippen LogP contribution in [0.2, 0.25) is 0 Å². The van der Waals surface area contributed by atoms with Crippen molar-refractivity contribution < 1.29 is 4.79 Å². The van der Waals surface area contributed by atoms with E-state index in [9.17, 15) is 4.79 Å². The molecule has 1 rings (SSSR count). The molecular formula is C11H14N2OS. The van der Waals surface area contributed by atoms with E-state index in [1.807, 2.05) is 24.4 Å². The van der Waals surface area contributed by atoms with Gasteiger partial charge in [0, 0.05) is 11.3 Å². The van der Waals surface area contributed by atoms with E-state index >= 15 is 0 Å². The Labute approximate surface area is 93.7 Å². The lowest BCUT2D eigenvalue weighted by molar-refractivity contribution is -0.121. The van der Waals surface area contributed by atoms with Crippen LogP contribution < -0.4 is 5.32 Å². The summed E-state index contributed by atoms with van der Waals surface area (Å²) in [6.45, 7) is 2.04. The number of nitrogens with zero attached hydrogens (tertiary/aromatic N) is 1. The van der Waals surface area contributed by atoms with Crippen molar-refractivity contribution in [1.29, 1.82) is 5.26 Å². The van der Waals surface area contributed by atoms with E-state index < -0.39 is 6.04 Å². The van der Waals surface area contributed by atoms with E-state index in [-0.39, 0.29) is 5.91 Å². The van der Waals surface area contributed by atoms with Gasteiger partial charge in [0.15, 0.2) is 6.04 Å². The monoisotopic (exact) mass is 222 g/mol. The molecule has 1 amide bonds. The third-order valence-corrected chi connectivity index (χ3v) is 2.96. The number of thiophene rings is 1. The fraction of sp³-hybridized carbons (Fsp3) is 0.455. The predicted octanol–water partition coefficient (Wildman–Crippen LogP) is 2.62. The Morgan fingerprint density at radius 2 is 2.53 bits per heavy atom. The molecule has 1 atom stereocenters. The smallest absolute Gasteiger partial charge is 0.221 e. The lowest BCUT2D eigenvalue weighted by Gasteiger charge is -2.09. The van der Waals surface area contributed by atoms with Crippen LogP contribution in [-0.2, 0) is 4.79 Å². The van der Waals surface area contributed by atoms with Gasteiger partial charge in [-0.2, -0.15) is 5.26 Å². The first-order valence-electron chi connectivity index (χ1n) is 5.00. The van der Waals surface area contributed by atoms with Crippen LogP contribution in [0, 0.1) is 11.3 Å². The van der Waals surface area contributed by atoms with Crippen LogP contribution >= 0.6 is 11.3 Å². The van der Waals surface area contributed by atoms with Crippen LogP contribution in [0.25, 0.3) is 0 Å². The van der Waals surface area contributed by atoms with Crippen LogP contribution in [0.4, 0.5) is 0 Å². The first-order chi connectivity index (χ1) is 7.27. The molecule has 1 unspecified atom stereocenters. The fourth-order valence-electron chi connectivity index (χ4n) is 1.19. The quantitative estimate of drug-likeness (QED) is 0.832. The van der Waals surface area contributed by atoms with E-state index in [2.05, 4.69) is 11.4 Å². The first kappa shape index (κ1) is 11.7. The second-order valence-corrected chi connectivity index (χ2v) is 4.23. The molecule has 0 saturated heterocycles. The molecule has 0 aromatic carbocycles. The van der Waals surface area contributed by atoms with Gasteiger partial charge in [0.1, 0.15) is 0 Å². The molecule has 0 aliphatic heterocycles. The van der Waals surface area contributed by atoms with Crippen molar-refractivity contribution in [3.05, 3.63) is 22.4 Å². The zero-order chi connectivity index (χ0) is 11.1. The fourth-order valence-corrected chi connectivity index (χ4v) is 1.91. The number of hydrogen-bond donors (Lipinski definition) is 1. The summed E-state index contributed by atoms with van der Waals surface area (Å²) in [5, 5.41) is 13.5. The highest BCUT2D eigenvalue weighted by Gasteiger charge is 2.13. The number of carbonyl (C=O) groups is 1. The zero-order valence-corrected chi connectivity index (χ0v) is 9.51. The summed E-state index contributed by atoms with van der Waals surface area (Å²) < 4.78 is 0. The summed E-state index contributed by atoms with van der Waals surface area (Å²) in [6, 6.07) is 5.34. The number of hydrogen-bond acceptors (Lipinski definition) is 3. The van der Waals surface area contributed by atoms with Crippen molar-refractivity contribution in [3.8, 4) is 6.07 Å². The van der Waals surface area contributed by atoms with Gasteiger partial charge in [0.05, 0.1) is 6.07 Å². The van der Waals surface area contributed by atoms with Crippen molar-refractivity contribution in [1.82, 2.24) is 5.32 Å². The summed E-state index contributed by atoms with van der Waals surface area (Å²) >= 11 is 1.48. The predicted molar refractivity (Wildman–Crippen MR) is 60.3 cm³/mol. The van der Waals surface area contributed by atoms with Gasteiger partial charge in [-0.3, -0.25) is 4.79 Å². The average Bonchev–Trinajstić information content (AvgIpc) is 2.76. The maximum absolute atomic E-state index is 11.4. The minimum absolute atomic E-state index is 0.0446. The van der Waals surface area contributed by atoms with E-state index in [0.717, 1.165) is 17.7 Å². The maximum Gasteiger partial charge on any atom is 0.221 e. The molecule has 3 nitrogen and oxygen atoms in total. The Bertz CT molecular complexity index is 340. The molecule has 0 aliphatic rings. The molecule has 4 heteroatoms. The van der Waals surface area contributed by atoms with Crippen LogP contribution in [0.15, 0.2) is 17.5 Å². The SMILES string of the molecule is CCCCC(=O)NC(C#N)c1cccs1. The van der Waals surface area contributed by atoms with Gasteiger partial charge in [-0.1, -0.05) is 19.4 Å². The van der Waals surface area contributed by atoms with Crippen molar-refractivity contribution in [3.63, 3.8) is 0 Å². The zero-order valence-electron chi connectivity index (χ0n) is 8.69. The molecule has 1 heterocycles. The van der Waals surface area contributed by atoms with Gasteiger partial charge in [0.25, 0.3) is 0 Å². The van der Waals surface area contributed by atoms with E-state index in [0.29, 0.717) is 6.42 Å². The number of unbranched alkanes of at least 4 members (excludes halogenated alkanes) is 1. The third-order valence-electron chi connectivity index (χ3n) is 2.02. The van der Waals surface area contributed by atoms with Crippen LogP contribution in [0.3, 0.4) is 0 Å². The second-order valence-electron chi connectivity index (χ2n) is 3.25. The molecule has 1 aromatic heterocycles. The topological polar surface area (TPSA) is 52.9 Å². The average molecular weight is 222 g/mol. The third kappa shape index (κ3) is 3.72. The Balaban J connectivity index is 2.49. The second kappa shape index (κ2) is 6.20. The minimum atomic E-state index is -0.491. The van der Waals surface area contributed by atoms with E-state index in [1.54, 1.807) is 0 Å². The number of nitrogens with one attached hydrogen (secondary N) is 1. The molecule has 1 aromatic rings. The normalized spacial score (nSPS) is 11.7. The highest BCUT2D eigenvalue weighted by Crippen LogP contribution is 2.18. The maximum atomic E-state index is 11.4. The van der Waals surface area contributed by atoms with Crippen LogP contribution in [0.1, 0.15) is 37.1 Å². The number of nitriles is 1. The highest BCUT2D eigenvalue weighted by atomic mass is 32.1. The Morgan fingerprint density at radius 3 is 3.07 bits per heavy atom. The van der Waals surface area contributed by atoms with Crippen molar-refractivity contribution in [2.24, 2.45) is 0 Å². The van der Waals surface area contributed by atoms with Gasteiger partial charge in [-0.05, 0) is 17.9 Å². The van der Waals surface area contributed by atoms with Gasteiger partial charge in [-0.25, -0.2) is 0 Å². The Morgan fingerprint density at radius 1 is 1.73 bits per heavy atom. The van der Waals surface area contributed by atoms with Crippen molar-refractivity contribution >= 4 is 17.2 Å². The molecule has 0 fully saturated rings. The largest absolute Gasteiger partial charge is 0.336 e. The number of carbonyl (C=O) groups excluding carboxylic acids is 1. The summed E-state index contributed by atoms with van der Waals surface area (Å²) in [5.41, 5.74) is 0. The lowest BCUT2D eigenvalue weighted by Crippen LogP contribution is -2.26. The molecule has 15 heavy (non-hydrogen) atoms. The molecule has 1 N–H and O–H groups in total. The van der Waals surface area contributed by atoms with Crippen LogP contribution in [0.5, 0.6) is 0 Å². The minimum Gasteiger partial charge on any atom is -0.336 e. The van der Waals surface area contributed by atoms with E-state index in [1.165, 1.54) is 11.3 Å². The van der Waals surface area contributed by atoms with Gasteiger partial charge in [-0.15, -0.1) is 11.3 Å². The van der Waals surface area contributed by atoms with Crippen molar-refractivity contribution in [2.45, 2.75) is 32.2 Å². The summed E-state index contributed by atoms with van der Waals surface area (Å²) in [6.07, 6.45) is 2.36. The summed E-state index contributed by atoms with van der Waals surface area (Å²) in [5.74, 6) is -0.0446. The molecule has 0 bridgehead atoms. The Kier molecular flexibility index (Phi) is 4.85. The molecular weight excluding hydrogens is 208 g/mol. The number of rotatable bonds is 5. The summed E-state index contributed by atoms with van der Waals surface area (Å²) in [7, 11) is 0. The molecule has 80 valence electrons. The lowest BCUT2D eigenvalue weighted by atomic mass is 10.2. The van der Waals surface area contributed by atoms with Crippen molar-refractivity contribution in [2.75, 3.05) is 0 Å².